The van der Waals surface area contributed by atoms with E-state index in [9.17, 15) is 0 Å². The van der Waals surface area contributed by atoms with E-state index in [1.165, 1.54) is 34.2 Å². The van der Waals surface area contributed by atoms with Crippen molar-refractivity contribution in [1.29, 1.82) is 0 Å². The van der Waals surface area contributed by atoms with Crippen LogP contribution in [0.3, 0.4) is 0 Å². The fourth-order valence-corrected chi connectivity index (χ4v) is 5.45. The Bertz CT molecular complexity index is 1130. The number of nitrogens with zero attached hydrogens (tertiary/aromatic N) is 2. The fourth-order valence-electron chi connectivity index (χ4n) is 5.45. The second-order valence-corrected chi connectivity index (χ2v) is 8.86. The van der Waals surface area contributed by atoms with E-state index in [1.54, 1.807) is 4.90 Å². The molecule has 1 fully saturated rings. The second-order valence-electron chi connectivity index (χ2n) is 8.86. The van der Waals surface area contributed by atoms with Crippen LogP contribution in [0.15, 0.2) is 71.8 Å². The molecule has 3 heterocycles. The lowest BCUT2D eigenvalue weighted by Crippen LogP contribution is -3.13. The normalized spacial score (nSPS) is 27.5. The average Bonchev–Trinajstić information content (AvgIpc) is 3.26. The number of rotatable bonds is 2. The molecule has 1 N–H and O–H groups in total. The van der Waals surface area contributed by atoms with Crippen molar-refractivity contribution in [2.24, 2.45) is 5.10 Å². The van der Waals surface area contributed by atoms with Gasteiger partial charge in [-0.3, -0.25) is 0 Å². The molecule has 152 valence electrons. The third kappa shape index (κ3) is 2.74. The van der Waals surface area contributed by atoms with Gasteiger partial charge in [0.1, 0.15) is 5.75 Å². The average molecular weight is 399 g/mol. The van der Waals surface area contributed by atoms with Crippen LogP contribution < -0.4 is 9.64 Å². The molecule has 0 unspecified atom stereocenters. The number of para-hydroxylation sites is 1. The van der Waals surface area contributed by atoms with E-state index in [4.69, 9.17) is 9.84 Å². The lowest BCUT2D eigenvalue weighted by atomic mass is 9.90. The summed E-state index contributed by atoms with van der Waals surface area (Å²) in [6.07, 6.45) is 2.98. The summed E-state index contributed by atoms with van der Waals surface area (Å²) >= 11 is 0. The van der Waals surface area contributed by atoms with Crippen LogP contribution in [0.4, 0.5) is 0 Å². The maximum absolute atomic E-state index is 6.73. The highest BCUT2D eigenvalue weighted by atomic mass is 16.5. The first kappa shape index (κ1) is 18.0. The second kappa shape index (κ2) is 6.85. The molecule has 4 nitrogen and oxygen atoms in total. The Hall–Kier alpha value is -2.85. The smallest absolute Gasteiger partial charge is 0.208 e. The van der Waals surface area contributed by atoms with Crippen LogP contribution >= 0.6 is 0 Å². The summed E-state index contributed by atoms with van der Waals surface area (Å²) in [7, 11) is 0. The molecular weight excluding hydrogens is 370 g/mol. The number of ether oxygens (including phenoxy) is 1. The van der Waals surface area contributed by atoms with Crippen LogP contribution in [0.25, 0.3) is 10.8 Å². The van der Waals surface area contributed by atoms with Crippen molar-refractivity contribution in [3.63, 3.8) is 0 Å². The molecular formula is C26H28N3O+. The molecule has 1 saturated heterocycles. The van der Waals surface area contributed by atoms with Crippen molar-refractivity contribution < 1.29 is 9.64 Å². The highest BCUT2D eigenvalue weighted by Gasteiger charge is 2.52. The van der Waals surface area contributed by atoms with Gasteiger partial charge in [-0.05, 0) is 35.4 Å². The summed E-state index contributed by atoms with van der Waals surface area (Å²) < 4.78 is 6.73. The van der Waals surface area contributed by atoms with Crippen LogP contribution in [0.2, 0.25) is 0 Å². The van der Waals surface area contributed by atoms with E-state index < -0.39 is 0 Å². The van der Waals surface area contributed by atoms with E-state index >= 15 is 0 Å². The first-order valence-corrected chi connectivity index (χ1v) is 11.2. The van der Waals surface area contributed by atoms with Crippen LogP contribution in [0.5, 0.6) is 5.75 Å². The number of quaternary nitrogens is 1. The third-order valence-electron chi connectivity index (χ3n) is 7.23. The summed E-state index contributed by atoms with van der Waals surface area (Å²) in [6, 6.07) is 24.1. The van der Waals surface area contributed by atoms with Gasteiger partial charge in [0.15, 0.2) is 0 Å². The zero-order chi connectivity index (χ0) is 20.1. The standard InChI is InChI=1S/C26H27N3O/c1-2-28-15-13-26(14-16-28)29-24(22-9-5-6-10-25(22)30-26)18-23(27-29)21-12-11-19-7-3-4-8-20(19)17-21/h3-12,17,24H,2,13-16,18H2,1H3/p+1/t24-/m1/s1. The van der Waals surface area contributed by atoms with Gasteiger partial charge >= 0.3 is 0 Å². The molecule has 1 spiro atoms. The molecule has 0 bridgehead atoms. The summed E-state index contributed by atoms with van der Waals surface area (Å²) in [4.78, 5) is 1.66. The van der Waals surface area contributed by atoms with Gasteiger partial charge in [0.25, 0.3) is 0 Å². The first-order valence-electron chi connectivity index (χ1n) is 11.2. The largest absolute Gasteiger partial charge is 0.466 e. The SMILES string of the molecule is CC[NH+]1CCC2(CC1)Oc1ccccc1[C@H]1CC(c3ccc4ccccc4c3)=NN12. The number of piperidine rings is 1. The number of hydrazone groups is 1. The minimum absolute atomic E-state index is 0.264. The van der Waals surface area contributed by atoms with Gasteiger partial charge in [-0.25, -0.2) is 5.01 Å². The summed E-state index contributed by atoms with van der Waals surface area (Å²) in [5.41, 5.74) is 3.37. The van der Waals surface area contributed by atoms with Gasteiger partial charge in [-0.2, -0.15) is 5.10 Å². The Morgan fingerprint density at radius 3 is 2.60 bits per heavy atom. The van der Waals surface area contributed by atoms with Crippen molar-refractivity contribution in [2.75, 3.05) is 19.6 Å². The maximum Gasteiger partial charge on any atom is 0.208 e. The first-order chi connectivity index (χ1) is 14.8. The van der Waals surface area contributed by atoms with Crippen molar-refractivity contribution in [3.8, 4) is 5.75 Å². The summed E-state index contributed by atoms with van der Waals surface area (Å²) in [5, 5.41) is 10.1. The Labute approximate surface area is 177 Å². The Morgan fingerprint density at radius 1 is 1.00 bits per heavy atom. The molecule has 3 aromatic carbocycles. The molecule has 0 radical (unpaired) electrons. The predicted octanol–water partition coefficient (Wildman–Crippen LogP) is 3.78. The summed E-state index contributed by atoms with van der Waals surface area (Å²) in [6.45, 7) is 5.74. The van der Waals surface area contributed by atoms with Crippen molar-refractivity contribution in [1.82, 2.24) is 5.01 Å². The number of nitrogens with one attached hydrogen (secondary N) is 1. The maximum atomic E-state index is 6.73. The van der Waals surface area contributed by atoms with Gasteiger partial charge in [0.2, 0.25) is 5.72 Å². The van der Waals surface area contributed by atoms with E-state index in [2.05, 4.69) is 78.7 Å². The van der Waals surface area contributed by atoms with Gasteiger partial charge in [0.05, 0.1) is 44.2 Å². The van der Waals surface area contributed by atoms with E-state index in [-0.39, 0.29) is 11.8 Å². The lowest BCUT2D eigenvalue weighted by molar-refractivity contribution is -0.906. The van der Waals surface area contributed by atoms with Gasteiger partial charge in [-0.1, -0.05) is 54.6 Å². The Kier molecular flexibility index (Phi) is 4.10. The van der Waals surface area contributed by atoms with Crippen molar-refractivity contribution in [2.45, 2.75) is 38.0 Å². The number of fused-ring (bicyclic) bond motifs is 5. The molecule has 0 aromatic heterocycles. The Morgan fingerprint density at radius 2 is 1.77 bits per heavy atom. The predicted molar refractivity (Wildman–Crippen MR) is 120 cm³/mol. The van der Waals surface area contributed by atoms with Crippen molar-refractivity contribution in [3.05, 3.63) is 77.9 Å². The summed E-state index contributed by atoms with van der Waals surface area (Å²) in [5.74, 6) is 1.05. The molecule has 30 heavy (non-hydrogen) atoms. The molecule has 3 aliphatic heterocycles. The molecule has 3 aromatic rings. The minimum Gasteiger partial charge on any atom is -0.466 e. The van der Waals surface area contributed by atoms with E-state index in [1.807, 2.05) is 0 Å². The van der Waals surface area contributed by atoms with Crippen LogP contribution in [0.1, 0.15) is 43.4 Å². The molecule has 3 aliphatic rings. The third-order valence-corrected chi connectivity index (χ3v) is 7.23. The van der Waals surface area contributed by atoms with Crippen LogP contribution in [-0.2, 0) is 0 Å². The molecule has 1 atom stereocenters. The fraction of sp³-hybridized carbons (Fsp3) is 0.346. The molecule has 6 rings (SSSR count). The highest BCUT2D eigenvalue weighted by molar-refractivity contribution is 6.04. The van der Waals surface area contributed by atoms with E-state index in [0.717, 1.165) is 38.1 Å². The number of hydrogen-bond acceptors (Lipinski definition) is 3. The zero-order valence-corrected chi connectivity index (χ0v) is 17.5. The van der Waals surface area contributed by atoms with Crippen molar-refractivity contribution >= 4 is 16.5 Å². The topological polar surface area (TPSA) is 29.3 Å². The minimum atomic E-state index is -0.309. The zero-order valence-electron chi connectivity index (χ0n) is 17.5. The lowest BCUT2D eigenvalue weighted by Gasteiger charge is -2.50. The van der Waals surface area contributed by atoms with Gasteiger partial charge in [-0.15, -0.1) is 0 Å². The molecule has 4 heteroatoms. The van der Waals surface area contributed by atoms with Gasteiger partial charge in [0, 0.05) is 12.0 Å². The van der Waals surface area contributed by atoms with Crippen LogP contribution in [-0.4, -0.2) is 36.1 Å². The van der Waals surface area contributed by atoms with E-state index in [0.29, 0.717) is 0 Å². The molecule has 0 aliphatic carbocycles. The highest BCUT2D eigenvalue weighted by Crippen LogP contribution is 2.49. The number of likely N-dealkylation sites (tertiary alicyclic amines) is 1. The number of benzene rings is 3. The molecule has 0 saturated carbocycles. The quantitative estimate of drug-likeness (QED) is 0.712. The van der Waals surface area contributed by atoms with Crippen LogP contribution in [0, 0.1) is 0 Å². The molecule has 0 amide bonds. The number of hydrogen-bond donors (Lipinski definition) is 1. The monoisotopic (exact) mass is 398 g/mol. The Balaban J connectivity index is 1.41. The van der Waals surface area contributed by atoms with Gasteiger partial charge < -0.3 is 9.64 Å².